The minimum Gasteiger partial charge on any atom is -0.450 e. The van der Waals surface area contributed by atoms with Crippen LogP contribution in [0.5, 0.6) is 0 Å². The summed E-state index contributed by atoms with van der Waals surface area (Å²) in [5.74, 6) is 0.0487. The Labute approximate surface area is 129 Å². The maximum absolute atomic E-state index is 12.0. The van der Waals surface area contributed by atoms with Gasteiger partial charge in [0.2, 0.25) is 5.56 Å². The van der Waals surface area contributed by atoms with E-state index in [1.807, 2.05) is 13.8 Å². The Morgan fingerprint density at radius 3 is 2.59 bits per heavy atom. The minimum atomic E-state index is -0.494. The van der Waals surface area contributed by atoms with E-state index in [4.69, 9.17) is 4.74 Å². The Morgan fingerprint density at radius 1 is 1.32 bits per heavy atom. The number of hydrogen-bond acceptors (Lipinski definition) is 4. The standard InChI is InChI=1S/C15H23N3O4/c1-4-22-15(21)18-12(7-10(2)3)9-17-14(20)11-5-6-13(19)16-8-11/h5-6,8,10,12H,4,7,9H2,1-3H3,(H,16,19)(H,17,20)(H,18,21)/t12-/m0/s1. The molecular weight excluding hydrogens is 286 g/mol. The molecule has 1 heterocycles. The zero-order valence-electron chi connectivity index (χ0n) is 13.1. The smallest absolute Gasteiger partial charge is 0.407 e. The summed E-state index contributed by atoms with van der Waals surface area (Å²) in [4.78, 5) is 36.9. The van der Waals surface area contributed by atoms with Crippen LogP contribution in [0.2, 0.25) is 0 Å². The van der Waals surface area contributed by atoms with Crippen molar-refractivity contribution in [2.24, 2.45) is 5.92 Å². The number of carbonyl (C=O) groups excluding carboxylic acids is 2. The average molecular weight is 309 g/mol. The zero-order valence-corrected chi connectivity index (χ0v) is 13.1. The molecule has 0 aliphatic rings. The van der Waals surface area contributed by atoms with Gasteiger partial charge in [0.1, 0.15) is 0 Å². The summed E-state index contributed by atoms with van der Waals surface area (Å²) >= 11 is 0. The van der Waals surface area contributed by atoms with Crippen LogP contribution in [0.15, 0.2) is 23.1 Å². The fourth-order valence-electron chi connectivity index (χ4n) is 1.97. The third-order valence-electron chi connectivity index (χ3n) is 2.91. The van der Waals surface area contributed by atoms with Gasteiger partial charge in [0.05, 0.1) is 12.2 Å². The quantitative estimate of drug-likeness (QED) is 0.706. The number of pyridine rings is 1. The second kappa shape index (κ2) is 8.86. The van der Waals surface area contributed by atoms with Crippen LogP contribution in [0.4, 0.5) is 4.79 Å². The Hall–Kier alpha value is -2.31. The lowest BCUT2D eigenvalue weighted by Crippen LogP contribution is -2.44. The van der Waals surface area contributed by atoms with Crippen LogP contribution in [0.25, 0.3) is 0 Å². The molecule has 0 radical (unpaired) electrons. The molecule has 2 amide bonds. The van der Waals surface area contributed by atoms with Gasteiger partial charge in [-0.3, -0.25) is 9.59 Å². The van der Waals surface area contributed by atoms with Crippen LogP contribution in [-0.4, -0.2) is 36.2 Å². The Kier molecular flexibility index (Phi) is 7.15. The summed E-state index contributed by atoms with van der Waals surface area (Å²) < 4.78 is 4.86. The monoisotopic (exact) mass is 309 g/mol. The molecule has 122 valence electrons. The second-order valence-electron chi connectivity index (χ2n) is 5.34. The molecule has 7 heteroatoms. The summed E-state index contributed by atoms with van der Waals surface area (Å²) in [7, 11) is 0. The fraction of sp³-hybridized carbons (Fsp3) is 0.533. The SMILES string of the molecule is CCOC(=O)N[C@H](CNC(=O)c1ccc(=O)[nH]c1)CC(C)C. The number of rotatable bonds is 7. The molecule has 1 rings (SSSR count). The molecule has 0 bridgehead atoms. The van der Waals surface area contributed by atoms with Crippen molar-refractivity contribution in [2.45, 2.75) is 33.2 Å². The summed E-state index contributed by atoms with van der Waals surface area (Å²) in [5, 5.41) is 5.47. The van der Waals surface area contributed by atoms with Gasteiger partial charge in [0, 0.05) is 24.8 Å². The molecule has 0 spiro atoms. The van der Waals surface area contributed by atoms with Gasteiger partial charge in [-0.1, -0.05) is 13.8 Å². The predicted octanol–water partition coefficient (Wildman–Crippen LogP) is 1.27. The molecule has 0 aliphatic carbocycles. The molecule has 22 heavy (non-hydrogen) atoms. The number of ether oxygens (including phenoxy) is 1. The zero-order chi connectivity index (χ0) is 16.5. The Balaban J connectivity index is 2.57. The van der Waals surface area contributed by atoms with Crippen LogP contribution in [0.1, 0.15) is 37.6 Å². The van der Waals surface area contributed by atoms with Gasteiger partial charge in [0.25, 0.3) is 5.91 Å². The highest BCUT2D eigenvalue weighted by atomic mass is 16.5. The van der Waals surface area contributed by atoms with E-state index in [0.717, 1.165) is 0 Å². The number of aromatic nitrogens is 1. The van der Waals surface area contributed by atoms with E-state index in [9.17, 15) is 14.4 Å². The van der Waals surface area contributed by atoms with E-state index in [1.54, 1.807) is 6.92 Å². The molecule has 0 aromatic carbocycles. The maximum atomic E-state index is 12.0. The van der Waals surface area contributed by atoms with E-state index >= 15 is 0 Å². The lowest BCUT2D eigenvalue weighted by Gasteiger charge is -2.20. The summed E-state index contributed by atoms with van der Waals surface area (Å²) in [5.41, 5.74) is 0.0947. The molecule has 0 saturated heterocycles. The first-order valence-corrected chi connectivity index (χ1v) is 7.32. The molecule has 0 unspecified atom stereocenters. The number of alkyl carbamates (subject to hydrolysis) is 1. The highest BCUT2D eigenvalue weighted by molar-refractivity contribution is 5.93. The molecule has 1 aromatic heterocycles. The van der Waals surface area contributed by atoms with Crippen molar-refractivity contribution in [1.29, 1.82) is 0 Å². The van der Waals surface area contributed by atoms with Crippen molar-refractivity contribution in [3.63, 3.8) is 0 Å². The highest BCUT2D eigenvalue weighted by Gasteiger charge is 2.16. The number of H-pyrrole nitrogens is 1. The maximum Gasteiger partial charge on any atom is 0.407 e. The highest BCUT2D eigenvalue weighted by Crippen LogP contribution is 2.05. The lowest BCUT2D eigenvalue weighted by molar-refractivity contribution is 0.0944. The number of amides is 2. The molecule has 0 fully saturated rings. The fourth-order valence-corrected chi connectivity index (χ4v) is 1.97. The molecule has 1 aromatic rings. The molecule has 7 nitrogen and oxygen atoms in total. The van der Waals surface area contributed by atoms with Crippen LogP contribution in [-0.2, 0) is 4.74 Å². The average Bonchev–Trinajstić information content (AvgIpc) is 2.45. The predicted molar refractivity (Wildman–Crippen MR) is 82.8 cm³/mol. The molecule has 0 aliphatic heterocycles. The van der Waals surface area contributed by atoms with Crippen molar-refractivity contribution in [1.82, 2.24) is 15.6 Å². The molecule has 1 atom stereocenters. The minimum absolute atomic E-state index is 0.217. The third kappa shape index (κ3) is 6.43. The molecule has 0 saturated carbocycles. The van der Waals surface area contributed by atoms with Crippen LogP contribution in [0, 0.1) is 5.92 Å². The molecule has 3 N–H and O–H groups in total. The van der Waals surface area contributed by atoms with E-state index in [2.05, 4.69) is 15.6 Å². The van der Waals surface area contributed by atoms with Gasteiger partial charge in [-0.2, -0.15) is 0 Å². The van der Waals surface area contributed by atoms with Crippen LogP contribution < -0.4 is 16.2 Å². The van der Waals surface area contributed by atoms with E-state index < -0.39 is 6.09 Å². The number of carbonyl (C=O) groups is 2. The first kappa shape index (κ1) is 17.7. The first-order chi connectivity index (χ1) is 10.4. The van der Waals surface area contributed by atoms with Gasteiger partial charge < -0.3 is 20.4 Å². The Bertz CT molecular complexity index is 533. The topological polar surface area (TPSA) is 100 Å². The van der Waals surface area contributed by atoms with Gasteiger partial charge in [0.15, 0.2) is 0 Å². The largest absolute Gasteiger partial charge is 0.450 e. The van der Waals surface area contributed by atoms with Gasteiger partial charge in [-0.25, -0.2) is 4.79 Å². The van der Waals surface area contributed by atoms with Crippen LogP contribution >= 0.6 is 0 Å². The summed E-state index contributed by atoms with van der Waals surface area (Å²) in [6, 6.07) is 2.52. The molecular formula is C15H23N3O4. The van der Waals surface area contributed by atoms with Gasteiger partial charge in [-0.15, -0.1) is 0 Å². The van der Waals surface area contributed by atoms with E-state index in [-0.39, 0.29) is 24.1 Å². The number of nitrogens with one attached hydrogen (secondary N) is 3. The summed E-state index contributed by atoms with van der Waals surface area (Å²) in [6.07, 6.45) is 1.57. The Morgan fingerprint density at radius 2 is 2.05 bits per heavy atom. The van der Waals surface area contributed by atoms with Gasteiger partial charge >= 0.3 is 6.09 Å². The first-order valence-electron chi connectivity index (χ1n) is 7.32. The normalized spacial score (nSPS) is 11.8. The van der Waals surface area contributed by atoms with Crippen molar-refractivity contribution >= 4 is 12.0 Å². The van der Waals surface area contributed by atoms with E-state index in [1.165, 1.54) is 18.3 Å². The van der Waals surface area contributed by atoms with Crippen molar-refractivity contribution in [3.05, 3.63) is 34.2 Å². The second-order valence-corrected chi connectivity index (χ2v) is 5.34. The number of aromatic amines is 1. The van der Waals surface area contributed by atoms with Crippen molar-refractivity contribution in [3.8, 4) is 0 Å². The number of hydrogen-bond donors (Lipinski definition) is 3. The van der Waals surface area contributed by atoms with Crippen molar-refractivity contribution in [2.75, 3.05) is 13.2 Å². The van der Waals surface area contributed by atoms with E-state index in [0.29, 0.717) is 24.5 Å². The van der Waals surface area contributed by atoms with Gasteiger partial charge in [-0.05, 0) is 25.3 Å². The third-order valence-corrected chi connectivity index (χ3v) is 2.91. The lowest BCUT2D eigenvalue weighted by atomic mass is 10.0. The summed E-state index contributed by atoms with van der Waals surface area (Å²) in [6.45, 7) is 6.38. The van der Waals surface area contributed by atoms with Crippen molar-refractivity contribution < 1.29 is 14.3 Å². The van der Waals surface area contributed by atoms with Crippen LogP contribution in [0.3, 0.4) is 0 Å².